The molecule has 2 atom stereocenters. The molecule has 0 spiro atoms. The number of imidazole rings is 1. The van der Waals surface area contributed by atoms with E-state index in [4.69, 9.17) is 16.3 Å². The average molecular weight is 229 g/mol. The summed E-state index contributed by atoms with van der Waals surface area (Å²) >= 11 is 5.94. The molecule has 4 heteroatoms. The first kappa shape index (κ1) is 11.0. The topological polar surface area (TPSA) is 27.1 Å². The van der Waals surface area contributed by atoms with Gasteiger partial charge in [0, 0.05) is 24.9 Å². The van der Waals surface area contributed by atoms with Gasteiger partial charge in [-0.1, -0.05) is 6.92 Å². The maximum atomic E-state index is 5.94. The number of hydrogen-bond donors (Lipinski definition) is 0. The third kappa shape index (κ3) is 2.18. The number of halogens is 1. The van der Waals surface area contributed by atoms with Crippen molar-refractivity contribution >= 4 is 11.6 Å². The Hall–Kier alpha value is -0.540. The summed E-state index contributed by atoms with van der Waals surface area (Å²) in [5.41, 5.74) is 1.18. The molecule has 15 heavy (non-hydrogen) atoms. The fourth-order valence-electron chi connectivity index (χ4n) is 2.11. The summed E-state index contributed by atoms with van der Waals surface area (Å²) in [7, 11) is 0. The number of ether oxygens (including phenoxy) is 1. The Morgan fingerprint density at radius 3 is 3.27 bits per heavy atom. The predicted molar refractivity (Wildman–Crippen MR) is 60.0 cm³/mol. The molecule has 1 aromatic heterocycles. The molecule has 1 aromatic rings. The molecule has 0 N–H and O–H groups in total. The van der Waals surface area contributed by atoms with E-state index in [0.29, 0.717) is 11.8 Å². The second-order valence-corrected chi connectivity index (χ2v) is 4.31. The van der Waals surface area contributed by atoms with Crippen molar-refractivity contribution in [2.75, 3.05) is 12.5 Å². The summed E-state index contributed by atoms with van der Waals surface area (Å²) in [5, 5.41) is 0. The molecule has 1 aliphatic heterocycles. The van der Waals surface area contributed by atoms with Crippen molar-refractivity contribution in [3.8, 4) is 0 Å². The molecule has 0 saturated carbocycles. The lowest BCUT2D eigenvalue weighted by molar-refractivity contribution is 0.0885. The van der Waals surface area contributed by atoms with Crippen LogP contribution in [-0.4, -0.2) is 22.0 Å². The highest BCUT2D eigenvalue weighted by atomic mass is 35.5. The van der Waals surface area contributed by atoms with Crippen LogP contribution in [0.15, 0.2) is 12.5 Å². The number of hydrogen-bond acceptors (Lipinski definition) is 2. The number of nitrogens with zero attached hydrogens (tertiary/aromatic N) is 2. The van der Waals surface area contributed by atoms with Gasteiger partial charge in [-0.15, -0.1) is 11.6 Å². The van der Waals surface area contributed by atoms with E-state index in [-0.39, 0.29) is 6.10 Å². The molecule has 0 bridgehead atoms. The van der Waals surface area contributed by atoms with Crippen LogP contribution in [0.3, 0.4) is 0 Å². The molecule has 2 rings (SSSR count). The van der Waals surface area contributed by atoms with E-state index in [1.165, 1.54) is 5.69 Å². The molecular formula is C11H17ClN2O. The van der Waals surface area contributed by atoms with E-state index < -0.39 is 0 Å². The van der Waals surface area contributed by atoms with E-state index in [9.17, 15) is 0 Å². The van der Waals surface area contributed by atoms with Crippen LogP contribution in [0.1, 0.15) is 31.6 Å². The summed E-state index contributed by atoms with van der Waals surface area (Å²) in [4.78, 5) is 4.19. The zero-order valence-corrected chi connectivity index (χ0v) is 9.78. The fraction of sp³-hybridized carbons (Fsp3) is 0.727. The third-order valence-corrected chi connectivity index (χ3v) is 3.31. The smallest absolute Gasteiger partial charge is 0.103 e. The lowest BCUT2D eigenvalue weighted by Crippen LogP contribution is -2.13. The number of aromatic nitrogens is 2. The van der Waals surface area contributed by atoms with Crippen molar-refractivity contribution < 1.29 is 4.74 Å². The molecular weight excluding hydrogens is 212 g/mol. The highest BCUT2D eigenvalue weighted by Gasteiger charge is 2.31. The molecule has 0 aliphatic carbocycles. The van der Waals surface area contributed by atoms with Crippen LogP contribution in [0.5, 0.6) is 0 Å². The molecule has 0 aromatic carbocycles. The maximum absolute atomic E-state index is 5.94. The maximum Gasteiger partial charge on any atom is 0.103 e. The van der Waals surface area contributed by atoms with Crippen LogP contribution >= 0.6 is 11.6 Å². The van der Waals surface area contributed by atoms with Crippen molar-refractivity contribution in [2.45, 2.75) is 32.4 Å². The quantitative estimate of drug-likeness (QED) is 0.741. The van der Waals surface area contributed by atoms with Crippen LogP contribution in [-0.2, 0) is 11.3 Å². The molecule has 3 nitrogen and oxygen atoms in total. The van der Waals surface area contributed by atoms with E-state index in [1.54, 1.807) is 0 Å². The highest BCUT2D eigenvalue weighted by Crippen LogP contribution is 2.35. The Morgan fingerprint density at radius 2 is 2.53 bits per heavy atom. The fourth-order valence-corrected chi connectivity index (χ4v) is 2.43. The number of alkyl halides is 1. The van der Waals surface area contributed by atoms with Crippen LogP contribution in [0.2, 0.25) is 0 Å². The molecule has 0 amide bonds. The van der Waals surface area contributed by atoms with Crippen LogP contribution < -0.4 is 0 Å². The molecule has 2 unspecified atom stereocenters. The zero-order valence-electron chi connectivity index (χ0n) is 9.03. The van der Waals surface area contributed by atoms with Crippen molar-refractivity contribution in [3.63, 3.8) is 0 Å². The van der Waals surface area contributed by atoms with Gasteiger partial charge in [0.05, 0.1) is 18.2 Å². The van der Waals surface area contributed by atoms with E-state index in [2.05, 4.69) is 16.5 Å². The average Bonchev–Trinajstić information content (AvgIpc) is 2.84. The first-order valence-corrected chi connectivity index (χ1v) is 6.07. The molecule has 1 aliphatic rings. The summed E-state index contributed by atoms with van der Waals surface area (Å²) in [6.07, 6.45) is 6.11. The normalized spacial score (nSPS) is 26.0. The Bertz CT molecular complexity index is 313. The van der Waals surface area contributed by atoms with E-state index in [0.717, 1.165) is 26.0 Å². The van der Waals surface area contributed by atoms with Gasteiger partial charge < -0.3 is 9.30 Å². The van der Waals surface area contributed by atoms with Gasteiger partial charge in [0.1, 0.15) is 6.10 Å². The minimum absolute atomic E-state index is 0.150. The molecule has 1 saturated heterocycles. The standard InChI is InChI=1S/C11H17ClN2O/c1-2-4-14-8-13-7-10(14)11-9(6-12)3-5-15-11/h7-9,11H,2-6H2,1H3. The van der Waals surface area contributed by atoms with Crippen LogP contribution in [0, 0.1) is 5.92 Å². The van der Waals surface area contributed by atoms with Gasteiger partial charge >= 0.3 is 0 Å². The van der Waals surface area contributed by atoms with Crippen molar-refractivity contribution in [1.29, 1.82) is 0 Å². The second kappa shape index (κ2) is 4.99. The Balaban J connectivity index is 2.16. The van der Waals surface area contributed by atoms with Gasteiger partial charge in [0.15, 0.2) is 0 Å². The molecule has 2 heterocycles. The number of rotatable bonds is 4. The van der Waals surface area contributed by atoms with Gasteiger partial charge in [-0.3, -0.25) is 0 Å². The molecule has 0 radical (unpaired) electrons. The van der Waals surface area contributed by atoms with Crippen molar-refractivity contribution in [1.82, 2.24) is 9.55 Å². The lowest BCUT2D eigenvalue weighted by Gasteiger charge is -2.17. The van der Waals surface area contributed by atoms with Gasteiger partial charge in [0.2, 0.25) is 0 Å². The van der Waals surface area contributed by atoms with Gasteiger partial charge in [-0.05, 0) is 12.8 Å². The Morgan fingerprint density at radius 1 is 1.67 bits per heavy atom. The SMILES string of the molecule is CCCn1cncc1C1OCCC1CCl. The first-order chi connectivity index (χ1) is 7.36. The minimum atomic E-state index is 0.150. The van der Waals surface area contributed by atoms with Gasteiger partial charge in [-0.25, -0.2) is 4.98 Å². The van der Waals surface area contributed by atoms with Gasteiger partial charge in [-0.2, -0.15) is 0 Å². The minimum Gasteiger partial charge on any atom is -0.372 e. The Kier molecular flexibility index (Phi) is 3.65. The van der Waals surface area contributed by atoms with Crippen molar-refractivity contribution in [2.24, 2.45) is 5.92 Å². The first-order valence-electron chi connectivity index (χ1n) is 5.54. The molecule has 1 fully saturated rings. The summed E-state index contributed by atoms with van der Waals surface area (Å²) in [6, 6.07) is 0. The summed E-state index contributed by atoms with van der Waals surface area (Å²) in [5.74, 6) is 1.11. The van der Waals surface area contributed by atoms with Crippen LogP contribution in [0.4, 0.5) is 0 Å². The van der Waals surface area contributed by atoms with E-state index >= 15 is 0 Å². The second-order valence-electron chi connectivity index (χ2n) is 4.01. The molecule has 84 valence electrons. The number of aryl methyl sites for hydroxylation is 1. The van der Waals surface area contributed by atoms with E-state index in [1.807, 2.05) is 12.5 Å². The van der Waals surface area contributed by atoms with Crippen molar-refractivity contribution in [3.05, 3.63) is 18.2 Å². The summed E-state index contributed by atoms with van der Waals surface area (Å²) < 4.78 is 7.92. The monoisotopic (exact) mass is 228 g/mol. The lowest BCUT2D eigenvalue weighted by atomic mass is 10.0. The zero-order chi connectivity index (χ0) is 10.7. The van der Waals surface area contributed by atoms with Crippen LogP contribution in [0.25, 0.3) is 0 Å². The Labute approximate surface area is 95.4 Å². The third-order valence-electron chi connectivity index (χ3n) is 2.91. The van der Waals surface area contributed by atoms with Gasteiger partial charge in [0.25, 0.3) is 0 Å². The predicted octanol–water partition coefficient (Wildman–Crippen LogP) is 2.61. The summed E-state index contributed by atoms with van der Waals surface area (Å²) in [6.45, 7) is 3.99. The largest absolute Gasteiger partial charge is 0.372 e. The highest BCUT2D eigenvalue weighted by molar-refractivity contribution is 6.18.